The summed E-state index contributed by atoms with van der Waals surface area (Å²) in [6.07, 6.45) is 10.4. The van der Waals surface area contributed by atoms with E-state index in [1.165, 1.54) is 31.2 Å². The number of hydrogen-bond acceptors (Lipinski definition) is 3. The third kappa shape index (κ3) is 2.16. The topological polar surface area (TPSA) is 61.7 Å². The number of rotatable bonds is 4. The molecule has 5 nitrogen and oxygen atoms in total. The summed E-state index contributed by atoms with van der Waals surface area (Å²) < 4.78 is 4.47. The van der Waals surface area contributed by atoms with Gasteiger partial charge in [-0.15, -0.1) is 10.2 Å². The fourth-order valence-corrected chi connectivity index (χ4v) is 3.13. The summed E-state index contributed by atoms with van der Waals surface area (Å²) in [4.78, 5) is 0. The van der Waals surface area contributed by atoms with Crippen LogP contribution < -0.4 is 5.73 Å². The third-order valence-corrected chi connectivity index (χ3v) is 4.55. The maximum atomic E-state index is 6.25. The van der Waals surface area contributed by atoms with Crippen molar-refractivity contribution in [2.75, 3.05) is 0 Å². The zero-order valence-electron chi connectivity index (χ0n) is 11.7. The molecule has 1 atom stereocenters. The van der Waals surface area contributed by atoms with Gasteiger partial charge >= 0.3 is 0 Å². The van der Waals surface area contributed by atoms with Crippen LogP contribution in [-0.2, 0) is 19.5 Å². The van der Waals surface area contributed by atoms with Gasteiger partial charge in [-0.05, 0) is 43.2 Å². The van der Waals surface area contributed by atoms with E-state index in [1.807, 2.05) is 0 Å². The van der Waals surface area contributed by atoms with Crippen molar-refractivity contribution in [3.63, 3.8) is 0 Å². The minimum absolute atomic E-state index is 0.212. The molecule has 2 aromatic rings. The van der Waals surface area contributed by atoms with E-state index in [-0.39, 0.29) is 6.04 Å². The van der Waals surface area contributed by atoms with Crippen molar-refractivity contribution in [1.82, 2.24) is 19.3 Å². The van der Waals surface area contributed by atoms with Crippen molar-refractivity contribution < 1.29 is 0 Å². The Hall–Kier alpha value is -1.62. The molecule has 3 heterocycles. The fraction of sp³-hybridized carbons (Fsp3) is 0.600. The predicted octanol–water partition coefficient (Wildman–Crippen LogP) is 1.87. The molecular formula is C15H21N5. The van der Waals surface area contributed by atoms with Crippen molar-refractivity contribution in [2.24, 2.45) is 11.7 Å². The van der Waals surface area contributed by atoms with E-state index in [2.05, 4.69) is 37.8 Å². The standard InChI is InChI=1S/C15H21N5/c16-15(11-4-5-11)12-6-8-19(9-12)10-14-18-17-13-3-1-2-7-20(13)14/h6,8-9,11,15H,1-5,7,10,16H2. The first kappa shape index (κ1) is 12.1. The number of aryl methyl sites for hydroxylation is 1. The average molecular weight is 271 g/mol. The molecule has 0 bridgehead atoms. The molecule has 4 rings (SSSR count). The number of nitrogens with two attached hydrogens (primary N) is 1. The monoisotopic (exact) mass is 271 g/mol. The van der Waals surface area contributed by atoms with E-state index in [0.29, 0.717) is 5.92 Å². The molecule has 0 aromatic carbocycles. The van der Waals surface area contributed by atoms with Crippen LogP contribution in [0, 0.1) is 5.92 Å². The first-order chi connectivity index (χ1) is 9.81. The lowest BCUT2D eigenvalue weighted by Gasteiger charge is -2.14. The summed E-state index contributed by atoms with van der Waals surface area (Å²) in [5, 5.41) is 8.66. The molecule has 2 aromatic heterocycles. The Morgan fingerprint density at radius 3 is 3.05 bits per heavy atom. The van der Waals surface area contributed by atoms with Crippen LogP contribution in [-0.4, -0.2) is 19.3 Å². The molecule has 2 aliphatic rings. The summed E-state index contributed by atoms with van der Waals surface area (Å²) >= 11 is 0. The van der Waals surface area contributed by atoms with E-state index in [0.717, 1.165) is 31.2 Å². The molecule has 0 amide bonds. The van der Waals surface area contributed by atoms with Gasteiger partial charge in [0, 0.05) is 31.4 Å². The molecule has 0 spiro atoms. The van der Waals surface area contributed by atoms with Gasteiger partial charge in [-0.25, -0.2) is 0 Å². The summed E-state index contributed by atoms with van der Waals surface area (Å²) in [5.74, 6) is 2.92. The van der Waals surface area contributed by atoms with Crippen LogP contribution in [0.3, 0.4) is 0 Å². The van der Waals surface area contributed by atoms with Crippen LogP contribution in [0.2, 0.25) is 0 Å². The van der Waals surface area contributed by atoms with Crippen molar-refractivity contribution in [3.8, 4) is 0 Å². The second-order valence-corrected chi connectivity index (χ2v) is 6.12. The lowest BCUT2D eigenvalue weighted by molar-refractivity contribution is 0.501. The molecule has 1 aliphatic heterocycles. The highest BCUT2D eigenvalue weighted by atomic mass is 15.3. The fourth-order valence-electron chi connectivity index (χ4n) is 3.13. The summed E-state index contributed by atoms with van der Waals surface area (Å²) in [6.45, 7) is 1.86. The Kier molecular flexibility index (Phi) is 2.88. The highest BCUT2D eigenvalue weighted by Gasteiger charge is 2.29. The minimum Gasteiger partial charge on any atom is -0.346 e. The molecule has 20 heavy (non-hydrogen) atoms. The van der Waals surface area contributed by atoms with Crippen molar-refractivity contribution in [3.05, 3.63) is 35.7 Å². The summed E-state index contributed by atoms with van der Waals surface area (Å²) in [7, 11) is 0. The van der Waals surface area contributed by atoms with Crippen LogP contribution in [0.1, 0.15) is 48.9 Å². The lowest BCUT2D eigenvalue weighted by atomic mass is 10.1. The van der Waals surface area contributed by atoms with Gasteiger partial charge in [0.15, 0.2) is 5.82 Å². The maximum Gasteiger partial charge on any atom is 0.152 e. The van der Waals surface area contributed by atoms with Crippen LogP contribution in [0.4, 0.5) is 0 Å². The zero-order valence-corrected chi connectivity index (χ0v) is 11.7. The van der Waals surface area contributed by atoms with E-state index < -0.39 is 0 Å². The Balaban J connectivity index is 1.52. The van der Waals surface area contributed by atoms with Gasteiger partial charge in [-0.3, -0.25) is 0 Å². The maximum absolute atomic E-state index is 6.25. The molecule has 1 aliphatic carbocycles. The van der Waals surface area contributed by atoms with Crippen LogP contribution in [0.5, 0.6) is 0 Å². The minimum atomic E-state index is 0.212. The molecule has 1 saturated carbocycles. The lowest BCUT2D eigenvalue weighted by Crippen LogP contribution is -2.15. The van der Waals surface area contributed by atoms with E-state index in [1.54, 1.807) is 0 Å². The molecule has 0 saturated heterocycles. The third-order valence-electron chi connectivity index (χ3n) is 4.55. The van der Waals surface area contributed by atoms with Gasteiger partial charge in [0.05, 0.1) is 6.54 Å². The van der Waals surface area contributed by atoms with Gasteiger partial charge in [0.1, 0.15) is 5.82 Å². The molecule has 106 valence electrons. The van der Waals surface area contributed by atoms with Crippen molar-refractivity contribution in [1.29, 1.82) is 0 Å². The van der Waals surface area contributed by atoms with Crippen LogP contribution in [0.25, 0.3) is 0 Å². The Morgan fingerprint density at radius 1 is 1.30 bits per heavy atom. The smallest absolute Gasteiger partial charge is 0.152 e. The summed E-state index contributed by atoms with van der Waals surface area (Å²) in [5.41, 5.74) is 7.51. The van der Waals surface area contributed by atoms with Gasteiger partial charge in [-0.1, -0.05) is 0 Å². The van der Waals surface area contributed by atoms with Gasteiger partial charge in [-0.2, -0.15) is 0 Å². The number of aromatic nitrogens is 4. The number of hydrogen-bond donors (Lipinski definition) is 1. The quantitative estimate of drug-likeness (QED) is 0.923. The van der Waals surface area contributed by atoms with E-state index >= 15 is 0 Å². The predicted molar refractivity (Wildman–Crippen MR) is 76.1 cm³/mol. The molecular weight excluding hydrogens is 250 g/mol. The SMILES string of the molecule is NC(c1ccn(Cc2nnc3n2CCCC3)c1)C1CC1. The normalized spacial score (nSPS) is 19.9. The van der Waals surface area contributed by atoms with Crippen LogP contribution in [0.15, 0.2) is 18.5 Å². The Morgan fingerprint density at radius 2 is 2.20 bits per heavy atom. The first-order valence-corrected chi connectivity index (χ1v) is 7.63. The average Bonchev–Trinajstić information content (AvgIpc) is 3.10. The van der Waals surface area contributed by atoms with Gasteiger partial charge in [0.25, 0.3) is 0 Å². The first-order valence-electron chi connectivity index (χ1n) is 7.63. The van der Waals surface area contributed by atoms with Crippen molar-refractivity contribution in [2.45, 2.75) is 51.2 Å². The molecule has 1 fully saturated rings. The summed E-state index contributed by atoms with van der Waals surface area (Å²) in [6, 6.07) is 2.36. The Bertz CT molecular complexity index is 608. The highest BCUT2D eigenvalue weighted by molar-refractivity contribution is 5.18. The Labute approximate surface area is 118 Å². The van der Waals surface area contributed by atoms with Gasteiger partial charge in [0.2, 0.25) is 0 Å². The van der Waals surface area contributed by atoms with E-state index in [9.17, 15) is 0 Å². The molecule has 0 radical (unpaired) electrons. The second-order valence-electron chi connectivity index (χ2n) is 6.12. The molecule has 2 N–H and O–H groups in total. The van der Waals surface area contributed by atoms with Gasteiger partial charge < -0.3 is 14.9 Å². The van der Waals surface area contributed by atoms with Crippen LogP contribution >= 0.6 is 0 Å². The second kappa shape index (κ2) is 4.74. The van der Waals surface area contributed by atoms with Crippen molar-refractivity contribution >= 4 is 0 Å². The van der Waals surface area contributed by atoms with E-state index in [4.69, 9.17) is 5.73 Å². The number of fused-ring (bicyclic) bond motifs is 1. The highest BCUT2D eigenvalue weighted by Crippen LogP contribution is 2.39. The zero-order chi connectivity index (χ0) is 13.5. The molecule has 1 unspecified atom stereocenters. The molecule has 5 heteroatoms. The number of nitrogens with zero attached hydrogens (tertiary/aromatic N) is 4. The largest absolute Gasteiger partial charge is 0.346 e.